The molecule has 7 rings (SSSR count). The normalized spacial score (nSPS) is 39.9. The zero-order chi connectivity index (χ0) is 33.6. The molecule has 0 radical (unpaired) electrons. The number of likely N-dealkylation sites (N-methyl/N-ethyl adjacent to an activating group) is 1. The number of nitrogens with zero attached hydrogens (tertiary/aromatic N) is 1. The van der Waals surface area contributed by atoms with Crippen LogP contribution in [0.4, 0.5) is 5.69 Å². The fraction of sp³-hybridized carbons (Fsp3) is 0.703. The fourth-order valence-electron chi connectivity index (χ4n) is 9.41. The molecule has 48 heavy (non-hydrogen) atoms. The Balaban J connectivity index is 1.25. The number of benzene rings is 1. The number of allylic oxidation sites excluding steroid dienone is 4. The highest BCUT2D eigenvalue weighted by Gasteiger charge is 2.50. The lowest BCUT2D eigenvalue weighted by molar-refractivity contribution is -0.231. The van der Waals surface area contributed by atoms with Gasteiger partial charge >= 0.3 is 0 Å². The molecular weight excluding hydrogens is 650 g/mol. The van der Waals surface area contributed by atoms with Crippen molar-refractivity contribution >= 4 is 33.2 Å². The molecule has 1 amide bonds. The lowest BCUT2D eigenvalue weighted by atomic mass is 9.60. The number of carbonyl (C=O) groups excluding carboxylic acids is 1. The predicted octanol–water partition coefficient (Wildman–Crippen LogP) is 5.85. The summed E-state index contributed by atoms with van der Waals surface area (Å²) in [6.07, 6.45) is 14.3. The number of sulfonamides is 1. The first-order valence-electron chi connectivity index (χ1n) is 18.1. The minimum atomic E-state index is -3.89. The van der Waals surface area contributed by atoms with E-state index in [-0.39, 0.29) is 29.6 Å². The number of hydrogen-bond donors (Lipinski definition) is 2. The Hall–Kier alpha value is -2.11. The van der Waals surface area contributed by atoms with Gasteiger partial charge in [-0.1, -0.05) is 43.5 Å². The third kappa shape index (κ3) is 6.69. The number of ether oxygens (including phenoxy) is 3. The van der Waals surface area contributed by atoms with Crippen LogP contribution in [0.1, 0.15) is 75.6 Å². The Morgan fingerprint density at radius 3 is 2.60 bits per heavy atom. The van der Waals surface area contributed by atoms with Crippen LogP contribution in [0.5, 0.6) is 5.75 Å². The van der Waals surface area contributed by atoms with Gasteiger partial charge in [0.1, 0.15) is 5.75 Å². The monoisotopic (exact) mass is 701 g/mol. The maximum Gasteiger partial charge on any atom is 0.264 e. The Kier molecular flexibility index (Phi) is 9.94. The Morgan fingerprint density at radius 1 is 1.04 bits per heavy atom. The van der Waals surface area contributed by atoms with Crippen molar-refractivity contribution in [3.8, 4) is 5.75 Å². The second-order valence-corrected chi connectivity index (χ2v) is 18.0. The van der Waals surface area contributed by atoms with E-state index >= 15 is 0 Å². The van der Waals surface area contributed by atoms with Crippen LogP contribution in [-0.2, 0) is 19.5 Å². The van der Waals surface area contributed by atoms with Gasteiger partial charge in [0.05, 0.1) is 36.8 Å². The number of fused-ring (bicyclic) bond motifs is 4. The molecule has 3 aliphatic heterocycles. The average Bonchev–Trinajstić information content (AvgIpc) is 3.21. The van der Waals surface area contributed by atoms with Crippen LogP contribution in [0.2, 0.25) is 0 Å². The van der Waals surface area contributed by atoms with E-state index in [4.69, 9.17) is 25.8 Å². The summed E-state index contributed by atoms with van der Waals surface area (Å²) >= 11 is 6.50. The Morgan fingerprint density at radius 2 is 1.85 bits per heavy atom. The topological polar surface area (TPSA) is 106 Å². The second kappa shape index (κ2) is 13.9. The van der Waals surface area contributed by atoms with Crippen molar-refractivity contribution in [2.24, 2.45) is 40.9 Å². The highest BCUT2D eigenvalue weighted by Crippen LogP contribution is 2.53. The SMILES string of the molecule is CN[C@H]1CO[C@H]([C@H]2CCC[C@H](C)[C@@H](C)S(=O)(=O)NC(=O)c3ccc4c(c3)N(C[C@@H]3CC[C@H]32)C[C@@]2(CCCC3C=C(Cl)C=CC32)CO4)OC1. The van der Waals surface area contributed by atoms with Crippen molar-refractivity contribution in [3.05, 3.63) is 47.0 Å². The minimum Gasteiger partial charge on any atom is -0.491 e. The number of amides is 1. The number of anilines is 1. The molecule has 3 heterocycles. The summed E-state index contributed by atoms with van der Waals surface area (Å²) in [6, 6.07) is 5.59. The number of hydrogen-bond acceptors (Lipinski definition) is 8. The van der Waals surface area contributed by atoms with Crippen molar-refractivity contribution in [2.75, 3.05) is 44.9 Å². The van der Waals surface area contributed by atoms with Crippen molar-refractivity contribution in [1.29, 1.82) is 0 Å². The van der Waals surface area contributed by atoms with Crippen LogP contribution in [0.25, 0.3) is 0 Å². The van der Waals surface area contributed by atoms with Crippen LogP contribution in [-0.4, -0.2) is 71.9 Å². The van der Waals surface area contributed by atoms with Gasteiger partial charge in [-0.25, -0.2) is 13.1 Å². The molecule has 1 aromatic rings. The summed E-state index contributed by atoms with van der Waals surface area (Å²) in [5.41, 5.74) is 1.07. The van der Waals surface area contributed by atoms with E-state index in [1.807, 2.05) is 32.2 Å². The van der Waals surface area contributed by atoms with Gasteiger partial charge in [-0.3, -0.25) is 4.79 Å². The summed E-state index contributed by atoms with van der Waals surface area (Å²) in [6.45, 7) is 7.13. The molecule has 9 nitrogen and oxygen atoms in total. The van der Waals surface area contributed by atoms with Crippen LogP contribution in [0.15, 0.2) is 41.5 Å². The van der Waals surface area contributed by atoms with E-state index in [9.17, 15) is 13.2 Å². The molecule has 264 valence electrons. The molecular formula is C37H52ClN3O6S. The van der Waals surface area contributed by atoms with E-state index in [1.165, 1.54) is 0 Å². The molecule has 2 N–H and O–H groups in total. The summed E-state index contributed by atoms with van der Waals surface area (Å²) in [4.78, 5) is 16.0. The maximum atomic E-state index is 13.5. The van der Waals surface area contributed by atoms with Gasteiger partial charge in [-0.15, -0.1) is 0 Å². The average molecular weight is 702 g/mol. The molecule has 3 fully saturated rings. The summed E-state index contributed by atoms with van der Waals surface area (Å²) in [7, 11) is -1.95. The molecule has 6 aliphatic rings. The van der Waals surface area contributed by atoms with Gasteiger partial charge in [0.25, 0.3) is 5.91 Å². The lowest BCUT2D eigenvalue weighted by Crippen LogP contribution is -2.53. The Labute approximate surface area is 291 Å². The van der Waals surface area contributed by atoms with Gasteiger partial charge in [-0.2, -0.15) is 0 Å². The fourth-order valence-corrected chi connectivity index (χ4v) is 10.9. The molecule has 1 aromatic carbocycles. The first kappa shape index (κ1) is 34.3. The zero-order valence-corrected chi connectivity index (χ0v) is 30.1. The highest BCUT2D eigenvalue weighted by atomic mass is 35.5. The largest absolute Gasteiger partial charge is 0.491 e. The number of nitrogens with one attached hydrogen (secondary N) is 2. The standard InChI is InChI=1S/C37H52ClN3O6S/c1-23-6-4-8-31(36-45-19-29(39-3)20-46-36)30-12-9-27(30)18-41-21-37(15-5-7-25-16-28(38)11-13-32(25)37)22-47-34-14-10-26(17-33(34)41)35(42)40-48(43,44)24(23)2/h10-11,13-14,16-17,23-25,27,29-32,36,39H,4-9,12,15,18-22H2,1-3H3,(H,40,42)/t23-,24+,25?,27-,29-,30+,31-,32?,36-,37-/m0/s1. The van der Waals surface area contributed by atoms with Crippen molar-refractivity contribution in [3.63, 3.8) is 0 Å². The molecule has 2 unspecified atom stereocenters. The van der Waals surface area contributed by atoms with E-state index in [1.54, 1.807) is 13.0 Å². The van der Waals surface area contributed by atoms with E-state index in [0.29, 0.717) is 49.1 Å². The third-order valence-corrected chi connectivity index (χ3v) is 14.8. The molecule has 1 spiro atoms. The van der Waals surface area contributed by atoms with E-state index in [2.05, 4.69) is 27.1 Å². The molecule has 11 heteroatoms. The summed E-state index contributed by atoms with van der Waals surface area (Å²) in [5.74, 6) is 1.79. The predicted molar refractivity (Wildman–Crippen MR) is 188 cm³/mol. The number of halogens is 1. The first-order chi connectivity index (χ1) is 23.1. The van der Waals surface area contributed by atoms with Gasteiger partial charge in [0, 0.05) is 35.0 Å². The van der Waals surface area contributed by atoms with Crippen LogP contribution >= 0.6 is 11.6 Å². The molecule has 3 aliphatic carbocycles. The second-order valence-electron chi connectivity index (χ2n) is 15.5. The summed E-state index contributed by atoms with van der Waals surface area (Å²) in [5, 5.41) is 3.37. The smallest absolute Gasteiger partial charge is 0.264 e. The Bertz CT molecular complexity index is 1530. The van der Waals surface area contributed by atoms with E-state index < -0.39 is 21.2 Å². The van der Waals surface area contributed by atoms with E-state index in [0.717, 1.165) is 80.9 Å². The zero-order valence-electron chi connectivity index (χ0n) is 28.5. The molecule has 2 bridgehead atoms. The quantitative estimate of drug-likeness (QED) is 0.396. The molecule has 8 atom stereocenters. The first-order valence-corrected chi connectivity index (χ1v) is 20.0. The number of carbonyl (C=O) groups is 1. The number of rotatable bonds is 2. The highest BCUT2D eigenvalue weighted by molar-refractivity contribution is 7.90. The van der Waals surface area contributed by atoms with Crippen LogP contribution in [0.3, 0.4) is 0 Å². The van der Waals surface area contributed by atoms with Crippen molar-refractivity contribution in [2.45, 2.75) is 82.8 Å². The van der Waals surface area contributed by atoms with Crippen molar-refractivity contribution < 1.29 is 27.4 Å². The minimum absolute atomic E-state index is 0.118. The van der Waals surface area contributed by atoms with Gasteiger partial charge in [0.2, 0.25) is 10.0 Å². The lowest BCUT2D eigenvalue weighted by Gasteiger charge is -2.50. The van der Waals surface area contributed by atoms with Gasteiger partial charge < -0.3 is 24.4 Å². The molecule has 0 aromatic heterocycles. The van der Waals surface area contributed by atoms with Gasteiger partial charge in [0.15, 0.2) is 6.29 Å². The third-order valence-electron chi connectivity index (χ3n) is 12.7. The maximum absolute atomic E-state index is 13.5. The molecule has 2 saturated carbocycles. The van der Waals surface area contributed by atoms with Crippen LogP contribution < -0.4 is 19.7 Å². The van der Waals surface area contributed by atoms with Crippen LogP contribution in [0, 0.1) is 40.9 Å². The van der Waals surface area contributed by atoms with Gasteiger partial charge in [-0.05, 0) is 106 Å². The summed E-state index contributed by atoms with van der Waals surface area (Å²) < 4.78 is 48.8. The molecule has 1 saturated heterocycles. The van der Waals surface area contributed by atoms with Crippen molar-refractivity contribution in [1.82, 2.24) is 10.0 Å².